The third kappa shape index (κ3) is 7.31. The first-order chi connectivity index (χ1) is 14.4. The number of carbonyl (C=O) groups is 3. The van der Waals surface area contributed by atoms with E-state index >= 15 is 0 Å². The van der Waals surface area contributed by atoms with Gasteiger partial charge in [0.05, 0.1) is 20.8 Å². The van der Waals surface area contributed by atoms with Crippen LogP contribution in [0.2, 0.25) is 0 Å². The van der Waals surface area contributed by atoms with Crippen LogP contribution in [0, 0.1) is 0 Å². The molecular weight excluding hydrogens is 388 g/mol. The fourth-order valence-electron chi connectivity index (χ4n) is 2.41. The van der Waals surface area contributed by atoms with Gasteiger partial charge in [0.1, 0.15) is 11.5 Å². The number of hydrogen-bond donors (Lipinski definition) is 1. The predicted octanol–water partition coefficient (Wildman–Crippen LogP) is 2.36. The molecule has 0 saturated carbocycles. The first kappa shape index (κ1) is 22.5. The first-order valence-electron chi connectivity index (χ1n) is 9.08. The molecule has 2 aromatic rings. The fraction of sp³-hybridized carbons (Fsp3) is 0.227. The summed E-state index contributed by atoms with van der Waals surface area (Å²) >= 11 is 0. The normalized spacial score (nSPS) is 10.4. The summed E-state index contributed by atoms with van der Waals surface area (Å²) in [5.41, 5.74) is 1.30. The molecule has 1 N–H and O–H groups in total. The van der Waals surface area contributed by atoms with Gasteiger partial charge < -0.3 is 24.4 Å². The highest BCUT2D eigenvalue weighted by Gasteiger charge is 2.15. The van der Waals surface area contributed by atoms with Crippen LogP contribution in [0.4, 0.5) is 5.69 Å². The van der Waals surface area contributed by atoms with Gasteiger partial charge in [0.15, 0.2) is 6.61 Å². The van der Waals surface area contributed by atoms with Crippen molar-refractivity contribution in [3.8, 4) is 11.5 Å². The molecule has 0 unspecified atom stereocenters. The molecule has 158 valence electrons. The Morgan fingerprint density at radius 2 is 1.67 bits per heavy atom. The number of benzene rings is 2. The largest absolute Gasteiger partial charge is 0.497 e. The number of methoxy groups -OCH3 is 2. The van der Waals surface area contributed by atoms with Crippen molar-refractivity contribution >= 4 is 29.5 Å². The topological polar surface area (TPSA) is 94.2 Å². The van der Waals surface area contributed by atoms with E-state index in [0.717, 1.165) is 5.56 Å². The molecule has 0 fully saturated rings. The van der Waals surface area contributed by atoms with Crippen molar-refractivity contribution in [2.75, 3.05) is 39.7 Å². The van der Waals surface area contributed by atoms with Gasteiger partial charge in [-0.15, -0.1) is 0 Å². The maximum absolute atomic E-state index is 12.1. The second kappa shape index (κ2) is 11.3. The fourth-order valence-corrected chi connectivity index (χ4v) is 2.41. The summed E-state index contributed by atoms with van der Waals surface area (Å²) in [7, 11) is 4.53. The molecule has 0 saturated heterocycles. The zero-order chi connectivity index (χ0) is 21.9. The highest BCUT2D eigenvalue weighted by Crippen LogP contribution is 2.16. The van der Waals surface area contributed by atoms with Gasteiger partial charge in [-0.3, -0.25) is 9.59 Å². The molecule has 2 aromatic carbocycles. The van der Waals surface area contributed by atoms with Crippen LogP contribution >= 0.6 is 0 Å². The number of rotatable bonds is 9. The van der Waals surface area contributed by atoms with E-state index in [1.165, 1.54) is 25.1 Å². The molecular formula is C22H24N2O6. The monoisotopic (exact) mass is 412 g/mol. The maximum Gasteiger partial charge on any atom is 0.331 e. The zero-order valence-corrected chi connectivity index (χ0v) is 17.1. The Labute approximate surface area is 175 Å². The third-order valence-electron chi connectivity index (χ3n) is 4.00. The van der Waals surface area contributed by atoms with Crippen molar-refractivity contribution in [3.63, 3.8) is 0 Å². The highest BCUT2D eigenvalue weighted by atomic mass is 16.5. The standard InChI is InChI=1S/C22H24N2O6/c1-24(14-20(25)23-17-7-5-9-19(13-17)29-3)21(26)15-30-22(27)11-10-16-6-4-8-18(12-16)28-2/h4-13H,14-15H2,1-3H3,(H,23,25)/b11-10+. The van der Waals surface area contributed by atoms with E-state index in [-0.39, 0.29) is 12.5 Å². The molecule has 0 aliphatic rings. The predicted molar refractivity (Wildman–Crippen MR) is 112 cm³/mol. The average Bonchev–Trinajstić information content (AvgIpc) is 2.76. The number of nitrogens with one attached hydrogen (secondary N) is 1. The Hall–Kier alpha value is -3.81. The minimum atomic E-state index is -0.666. The van der Waals surface area contributed by atoms with Gasteiger partial charge in [0.25, 0.3) is 5.91 Å². The van der Waals surface area contributed by atoms with Crippen LogP contribution < -0.4 is 14.8 Å². The summed E-state index contributed by atoms with van der Waals surface area (Å²) in [6, 6.07) is 14.0. The number of hydrogen-bond acceptors (Lipinski definition) is 6. The Morgan fingerprint density at radius 1 is 1.00 bits per heavy atom. The number of esters is 1. The second-order valence-corrected chi connectivity index (χ2v) is 6.25. The summed E-state index contributed by atoms with van der Waals surface area (Å²) in [6.45, 7) is -0.655. The van der Waals surface area contributed by atoms with E-state index in [1.54, 1.807) is 61.7 Å². The van der Waals surface area contributed by atoms with E-state index in [9.17, 15) is 14.4 Å². The van der Waals surface area contributed by atoms with Crippen LogP contribution in [0.15, 0.2) is 54.6 Å². The van der Waals surface area contributed by atoms with Crippen molar-refractivity contribution < 1.29 is 28.6 Å². The molecule has 0 aliphatic carbocycles. The minimum Gasteiger partial charge on any atom is -0.497 e. The lowest BCUT2D eigenvalue weighted by molar-refractivity contribution is -0.148. The van der Waals surface area contributed by atoms with Crippen LogP contribution in [0.25, 0.3) is 6.08 Å². The van der Waals surface area contributed by atoms with Crippen molar-refractivity contribution in [3.05, 3.63) is 60.2 Å². The van der Waals surface area contributed by atoms with Gasteiger partial charge >= 0.3 is 5.97 Å². The van der Waals surface area contributed by atoms with Gasteiger partial charge in [-0.25, -0.2) is 4.79 Å². The molecule has 0 heterocycles. The van der Waals surface area contributed by atoms with Gasteiger partial charge in [-0.05, 0) is 35.9 Å². The number of likely N-dealkylation sites (N-methyl/N-ethyl adjacent to an activating group) is 1. The SMILES string of the molecule is COc1cccc(/C=C/C(=O)OCC(=O)N(C)CC(=O)Nc2cccc(OC)c2)c1. The molecule has 30 heavy (non-hydrogen) atoms. The molecule has 8 heteroatoms. The number of amides is 2. The molecule has 0 radical (unpaired) electrons. The summed E-state index contributed by atoms with van der Waals surface area (Å²) in [4.78, 5) is 37.2. The first-order valence-corrected chi connectivity index (χ1v) is 9.08. The molecule has 0 bridgehead atoms. The van der Waals surface area contributed by atoms with E-state index in [4.69, 9.17) is 14.2 Å². The third-order valence-corrected chi connectivity index (χ3v) is 4.00. The van der Waals surface area contributed by atoms with Crippen molar-refractivity contribution in [2.24, 2.45) is 0 Å². The van der Waals surface area contributed by atoms with Gasteiger partial charge in [0, 0.05) is 24.9 Å². The smallest absolute Gasteiger partial charge is 0.331 e. The average molecular weight is 412 g/mol. The lowest BCUT2D eigenvalue weighted by atomic mass is 10.2. The Morgan fingerprint density at radius 3 is 2.37 bits per heavy atom. The lowest BCUT2D eigenvalue weighted by Crippen LogP contribution is -2.37. The van der Waals surface area contributed by atoms with Gasteiger partial charge in [0.2, 0.25) is 5.91 Å². The quantitative estimate of drug-likeness (QED) is 0.502. The molecule has 0 aromatic heterocycles. The Kier molecular flexibility index (Phi) is 8.43. The van der Waals surface area contributed by atoms with E-state index in [1.807, 2.05) is 0 Å². The summed E-state index contributed by atoms with van der Waals surface area (Å²) in [5, 5.41) is 2.67. The van der Waals surface area contributed by atoms with E-state index < -0.39 is 18.5 Å². The lowest BCUT2D eigenvalue weighted by Gasteiger charge is -2.16. The zero-order valence-electron chi connectivity index (χ0n) is 17.1. The Bertz CT molecular complexity index is 925. The number of nitrogens with zero attached hydrogens (tertiary/aromatic N) is 1. The van der Waals surface area contributed by atoms with Crippen molar-refractivity contribution in [1.82, 2.24) is 4.90 Å². The van der Waals surface area contributed by atoms with Gasteiger partial charge in [-0.2, -0.15) is 0 Å². The molecule has 2 amide bonds. The minimum absolute atomic E-state index is 0.187. The van der Waals surface area contributed by atoms with Crippen LogP contribution in [0.1, 0.15) is 5.56 Å². The van der Waals surface area contributed by atoms with Crippen molar-refractivity contribution in [1.29, 1.82) is 0 Å². The van der Waals surface area contributed by atoms with Crippen LogP contribution in [0.3, 0.4) is 0 Å². The molecule has 8 nitrogen and oxygen atoms in total. The number of carbonyl (C=O) groups excluding carboxylic acids is 3. The maximum atomic E-state index is 12.1. The van der Waals surface area contributed by atoms with Crippen LogP contribution in [0.5, 0.6) is 11.5 Å². The number of anilines is 1. The summed E-state index contributed by atoms with van der Waals surface area (Å²) in [5.74, 6) is -0.289. The Balaban J connectivity index is 1.78. The number of ether oxygens (including phenoxy) is 3. The second-order valence-electron chi connectivity index (χ2n) is 6.25. The summed E-state index contributed by atoms with van der Waals surface area (Å²) in [6.07, 6.45) is 2.78. The van der Waals surface area contributed by atoms with Gasteiger partial charge in [-0.1, -0.05) is 18.2 Å². The van der Waals surface area contributed by atoms with Crippen LogP contribution in [-0.2, 0) is 19.1 Å². The summed E-state index contributed by atoms with van der Waals surface area (Å²) < 4.78 is 15.1. The molecule has 0 aliphatic heterocycles. The molecule has 0 atom stereocenters. The highest BCUT2D eigenvalue weighted by molar-refractivity contribution is 5.95. The molecule has 0 spiro atoms. The van der Waals surface area contributed by atoms with E-state index in [2.05, 4.69) is 5.32 Å². The van der Waals surface area contributed by atoms with Crippen molar-refractivity contribution in [2.45, 2.75) is 0 Å². The van der Waals surface area contributed by atoms with E-state index in [0.29, 0.717) is 17.2 Å². The molecule has 2 rings (SSSR count). The van der Waals surface area contributed by atoms with Crippen LogP contribution in [-0.4, -0.2) is 57.1 Å².